The van der Waals surface area contributed by atoms with Crippen LogP contribution in [0.15, 0.2) is 41.1 Å². The number of rotatable bonds is 5. The summed E-state index contributed by atoms with van der Waals surface area (Å²) in [5.74, 6) is 0. The van der Waals surface area contributed by atoms with Gasteiger partial charge in [-0.2, -0.15) is 11.3 Å². The van der Waals surface area contributed by atoms with Crippen molar-refractivity contribution >= 4 is 17.0 Å². The summed E-state index contributed by atoms with van der Waals surface area (Å²) in [6.45, 7) is 1.51. The van der Waals surface area contributed by atoms with Gasteiger partial charge in [0.15, 0.2) is 0 Å². The number of anilines is 1. The second-order valence-electron chi connectivity index (χ2n) is 3.57. The molecule has 1 aromatic heterocycles. The van der Waals surface area contributed by atoms with E-state index in [4.69, 9.17) is 4.74 Å². The predicted molar refractivity (Wildman–Crippen MR) is 68.8 cm³/mol. The molecule has 0 saturated heterocycles. The Morgan fingerprint density at radius 1 is 1.19 bits per heavy atom. The molecular weight excluding hydrogens is 218 g/mol. The van der Waals surface area contributed by atoms with E-state index in [1.807, 2.05) is 6.07 Å². The monoisotopic (exact) mass is 233 g/mol. The van der Waals surface area contributed by atoms with Crippen molar-refractivity contribution in [3.8, 4) is 0 Å². The minimum Gasteiger partial charge on any atom is -0.380 e. The quantitative estimate of drug-likeness (QED) is 0.853. The van der Waals surface area contributed by atoms with Crippen LogP contribution in [0.25, 0.3) is 0 Å². The third kappa shape index (κ3) is 2.84. The van der Waals surface area contributed by atoms with Crippen molar-refractivity contribution in [1.82, 2.24) is 0 Å². The van der Waals surface area contributed by atoms with Gasteiger partial charge in [0.1, 0.15) is 0 Å². The Labute approximate surface area is 99.9 Å². The predicted octanol–water partition coefficient (Wildman–Crippen LogP) is 3.51. The lowest BCUT2D eigenvalue weighted by Gasteiger charge is -2.09. The maximum atomic E-state index is 5.18. The van der Waals surface area contributed by atoms with Crippen LogP contribution in [0.1, 0.15) is 11.1 Å². The molecule has 0 atom stereocenters. The number of thiophene rings is 1. The van der Waals surface area contributed by atoms with E-state index in [0.29, 0.717) is 6.61 Å². The highest BCUT2D eigenvalue weighted by Gasteiger charge is 2.01. The molecule has 1 N–H and O–H groups in total. The van der Waals surface area contributed by atoms with Crippen LogP contribution in [0, 0.1) is 0 Å². The van der Waals surface area contributed by atoms with Crippen molar-refractivity contribution in [2.75, 3.05) is 12.4 Å². The van der Waals surface area contributed by atoms with Crippen LogP contribution in [-0.4, -0.2) is 7.11 Å². The highest BCUT2D eigenvalue weighted by molar-refractivity contribution is 7.08. The molecular formula is C13H15NOS. The Kier molecular flexibility index (Phi) is 3.97. The van der Waals surface area contributed by atoms with Crippen molar-refractivity contribution in [2.45, 2.75) is 13.2 Å². The Hall–Kier alpha value is -1.32. The molecule has 2 aromatic rings. The maximum Gasteiger partial charge on any atom is 0.0716 e. The van der Waals surface area contributed by atoms with Gasteiger partial charge in [-0.3, -0.25) is 0 Å². The van der Waals surface area contributed by atoms with Gasteiger partial charge >= 0.3 is 0 Å². The SMILES string of the molecule is COCc1ccccc1CNc1ccsc1. The average Bonchev–Trinajstić information content (AvgIpc) is 2.81. The van der Waals surface area contributed by atoms with Crippen LogP contribution >= 0.6 is 11.3 Å². The summed E-state index contributed by atoms with van der Waals surface area (Å²) in [5.41, 5.74) is 3.71. The third-order valence-corrected chi connectivity index (χ3v) is 3.11. The van der Waals surface area contributed by atoms with E-state index in [1.54, 1.807) is 18.4 Å². The van der Waals surface area contributed by atoms with Gasteiger partial charge in [-0.1, -0.05) is 24.3 Å². The Balaban J connectivity index is 2.03. The van der Waals surface area contributed by atoms with Crippen LogP contribution < -0.4 is 5.32 Å². The third-order valence-electron chi connectivity index (χ3n) is 2.42. The summed E-state index contributed by atoms with van der Waals surface area (Å²) >= 11 is 1.70. The highest BCUT2D eigenvalue weighted by atomic mass is 32.1. The standard InChI is InChI=1S/C13H15NOS/c1-15-9-12-5-3-2-4-11(12)8-14-13-6-7-16-10-13/h2-7,10,14H,8-9H2,1H3. The molecule has 0 bridgehead atoms. The number of nitrogens with one attached hydrogen (secondary N) is 1. The lowest BCUT2D eigenvalue weighted by atomic mass is 10.1. The van der Waals surface area contributed by atoms with E-state index in [2.05, 4.69) is 40.3 Å². The van der Waals surface area contributed by atoms with Gasteiger partial charge in [-0.25, -0.2) is 0 Å². The fourth-order valence-electron chi connectivity index (χ4n) is 1.59. The van der Waals surface area contributed by atoms with Gasteiger partial charge < -0.3 is 10.1 Å². The van der Waals surface area contributed by atoms with Crippen LogP contribution in [0.5, 0.6) is 0 Å². The van der Waals surface area contributed by atoms with E-state index in [9.17, 15) is 0 Å². The number of methoxy groups -OCH3 is 1. The maximum absolute atomic E-state index is 5.18. The fraction of sp³-hybridized carbons (Fsp3) is 0.231. The molecule has 0 radical (unpaired) electrons. The second kappa shape index (κ2) is 5.68. The number of hydrogen-bond acceptors (Lipinski definition) is 3. The molecule has 1 heterocycles. The summed E-state index contributed by atoms with van der Waals surface area (Å²) in [7, 11) is 1.73. The van der Waals surface area contributed by atoms with E-state index in [1.165, 1.54) is 16.8 Å². The molecule has 0 unspecified atom stereocenters. The number of benzene rings is 1. The van der Waals surface area contributed by atoms with Crippen molar-refractivity contribution in [1.29, 1.82) is 0 Å². The Bertz CT molecular complexity index is 425. The molecule has 0 saturated carbocycles. The summed E-state index contributed by atoms with van der Waals surface area (Å²) < 4.78 is 5.18. The second-order valence-corrected chi connectivity index (χ2v) is 4.35. The molecule has 84 valence electrons. The van der Waals surface area contributed by atoms with Gasteiger partial charge in [0.25, 0.3) is 0 Å². The van der Waals surface area contributed by atoms with Crippen LogP contribution in [0.4, 0.5) is 5.69 Å². The summed E-state index contributed by atoms with van der Waals surface area (Å²) in [6, 6.07) is 10.4. The molecule has 0 aliphatic carbocycles. The van der Waals surface area contributed by atoms with Crippen molar-refractivity contribution < 1.29 is 4.74 Å². The van der Waals surface area contributed by atoms with E-state index < -0.39 is 0 Å². The summed E-state index contributed by atoms with van der Waals surface area (Å²) in [6.07, 6.45) is 0. The van der Waals surface area contributed by atoms with Crippen LogP contribution in [0.2, 0.25) is 0 Å². The first-order chi connectivity index (χ1) is 7.90. The van der Waals surface area contributed by atoms with Gasteiger partial charge in [-0.15, -0.1) is 0 Å². The van der Waals surface area contributed by atoms with Gasteiger partial charge in [0.2, 0.25) is 0 Å². The highest BCUT2D eigenvalue weighted by Crippen LogP contribution is 2.15. The summed E-state index contributed by atoms with van der Waals surface area (Å²) in [5, 5.41) is 7.58. The zero-order valence-electron chi connectivity index (χ0n) is 9.27. The lowest BCUT2D eigenvalue weighted by Crippen LogP contribution is -2.02. The fourth-order valence-corrected chi connectivity index (χ4v) is 2.20. The molecule has 0 aliphatic heterocycles. The first-order valence-corrected chi connectivity index (χ1v) is 6.16. The lowest BCUT2D eigenvalue weighted by molar-refractivity contribution is 0.184. The van der Waals surface area contributed by atoms with Crippen molar-refractivity contribution in [3.63, 3.8) is 0 Å². The van der Waals surface area contributed by atoms with Gasteiger partial charge in [-0.05, 0) is 22.6 Å². The van der Waals surface area contributed by atoms with Gasteiger partial charge in [0.05, 0.1) is 6.61 Å². The zero-order chi connectivity index (χ0) is 11.2. The van der Waals surface area contributed by atoms with E-state index in [-0.39, 0.29) is 0 Å². The molecule has 0 fully saturated rings. The minimum atomic E-state index is 0.668. The largest absolute Gasteiger partial charge is 0.380 e. The van der Waals surface area contributed by atoms with Crippen LogP contribution in [0.3, 0.4) is 0 Å². The smallest absolute Gasteiger partial charge is 0.0716 e. The molecule has 3 heteroatoms. The number of ether oxygens (including phenoxy) is 1. The Morgan fingerprint density at radius 3 is 2.69 bits per heavy atom. The normalized spacial score (nSPS) is 10.3. The van der Waals surface area contributed by atoms with Gasteiger partial charge in [0, 0.05) is 24.7 Å². The molecule has 16 heavy (non-hydrogen) atoms. The first-order valence-electron chi connectivity index (χ1n) is 5.22. The van der Waals surface area contributed by atoms with Crippen molar-refractivity contribution in [3.05, 3.63) is 52.2 Å². The number of hydrogen-bond donors (Lipinski definition) is 1. The average molecular weight is 233 g/mol. The topological polar surface area (TPSA) is 21.3 Å². The van der Waals surface area contributed by atoms with Crippen LogP contribution in [-0.2, 0) is 17.9 Å². The molecule has 0 spiro atoms. The Morgan fingerprint density at radius 2 is 2.00 bits per heavy atom. The van der Waals surface area contributed by atoms with E-state index >= 15 is 0 Å². The zero-order valence-corrected chi connectivity index (χ0v) is 10.1. The summed E-state index contributed by atoms with van der Waals surface area (Å²) in [4.78, 5) is 0. The molecule has 1 aromatic carbocycles. The van der Waals surface area contributed by atoms with E-state index in [0.717, 1.165) is 6.54 Å². The molecule has 2 nitrogen and oxygen atoms in total. The molecule has 0 aliphatic rings. The molecule has 2 rings (SSSR count). The molecule has 0 amide bonds. The first kappa shape index (κ1) is 11.2. The van der Waals surface area contributed by atoms with Crippen molar-refractivity contribution in [2.24, 2.45) is 0 Å². The minimum absolute atomic E-state index is 0.668.